The van der Waals surface area contributed by atoms with Gasteiger partial charge in [-0.15, -0.1) is 0 Å². The molecule has 1 fully saturated rings. The number of aryl methyl sites for hydroxylation is 1. The predicted molar refractivity (Wildman–Crippen MR) is 147 cm³/mol. The number of hydrogen-bond acceptors (Lipinski definition) is 3. The summed E-state index contributed by atoms with van der Waals surface area (Å²) in [4.78, 5) is 25.3. The minimum Gasteiger partial charge on any atom is -0.491 e. The van der Waals surface area contributed by atoms with Gasteiger partial charge in [0.15, 0.2) is 0 Å². The van der Waals surface area contributed by atoms with Crippen LogP contribution in [-0.2, 0) is 13.0 Å². The van der Waals surface area contributed by atoms with Crippen LogP contribution in [0.3, 0.4) is 0 Å². The number of benzene rings is 3. The number of piperidine rings is 1. The molecule has 1 aromatic heterocycles. The Kier molecular flexibility index (Phi) is 6.51. The van der Waals surface area contributed by atoms with Crippen molar-refractivity contribution >= 4 is 28.7 Å². The summed E-state index contributed by atoms with van der Waals surface area (Å²) in [5.74, 6) is 2.36. The van der Waals surface area contributed by atoms with Gasteiger partial charge in [0.05, 0.1) is 24.1 Å². The molecule has 0 unspecified atom stereocenters. The molecular weight excluding hydrogens is 484 g/mol. The summed E-state index contributed by atoms with van der Waals surface area (Å²) in [7, 11) is 0. The van der Waals surface area contributed by atoms with Crippen molar-refractivity contribution in [1.82, 2.24) is 19.8 Å². The van der Waals surface area contributed by atoms with Crippen molar-refractivity contribution in [3.05, 3.63) is 82.6 Å². The van der Waals surface area contributed by atoms with E-state index < -0.39 is 0 Å². The summed E-state index contributed by atoms with van der Waals surface area (Å²) in [6, 6.07) is 20.8. The topological polar surface area (TPSA) is 61.5 Å². The first-order valence-corrected chi connectivity index (χ1v) is 13.4. The highest BCUT2D eigenvalue weighted by molar-refractivity contribution is 6.30. The van der Waals surface area contributed by atoms with Crippen molar-refractivity contribution in [2.24, 2.45) is 5.92 Å². The van der Waals surface area contributed by atoms with Crippen molar-refractivity contribution < 1.29 is 9.53 Å². The van der Waals surface area contributed by atoms with E-state index in [2.05, 4.69) is 46.4 Å². The van der Waals surface area contributed by atoms with E-state index in [4.69, 9.17) is 16.3 Å². The fourth-order valence-electron chi connectivity index (χ4n) is 5.54. The number of ether oxygens (including phenoxy) is 1. The van der Waals surface area contributed by atoms with Crippen LogP contribution in [0.4, 0.5) is 4.79 Å². The summed E-state index contributed by atoms with van der Waals surface area (Å²) in [5, 5.41) is 0.772. The first-order valence-electron chi connectivity index (χ1n) is 13.0. The Morgan fingerprint density at radius 2 is 1.76 bits per heavy atom. The quantitative estimate of drug-likeness (QED) is 0.341. The lowest BCUT2D eigenvalue weighted by Crippen LogP contribution is -2.47. The largest absolute Gasteiger partial charge is 0.491 e. The normalized spacial score (nSPS) is 16.4. The number of halogens is 1. The molecule has 1 saturated heterocycles. The number of nitrogens with zero attached hydrogens (tertiary/aromatic N) is 3. The van der Waals surface area contributed by atoms with Gasteiger partial charge in [-0.3, -0.25) is 0 Å². The second-order valence-electron chi connectivity index (χ2n) is 10.2. The van der Waals surface area contributed by atoms with E-state index in [0.717, 1.165) is 76.7 Å². The van der Waals surface area contributed by atoms with Gasteiger partial charge >= 0.3 is 6.03 Å². The third-order valence-electron chi connectivity index (χ3n) is 7.57. The van der Waals surface area contributed by atoms with Crippen molar-refractivity contribution in [2.75, 3.05) is 26.2 Å². The zero-order chi connectivity index (χ0) is 25.4. The summed E-state index contributed by atoms with van der Waals surface area (Å²) in [6.45, 7) is 5.21. The molecule has 0 spiro atoms. The third-order valence-corrected chi connectivity index (χ3v) is 7.82. The molecule has 3 heterocycles. The van der Waals surface area contributed by atoms with E-state index in [9.17, 15) is 4.79 Å². The van der Waals surface area contributed by atoms with E-state index >= 15 is 0 Å². The maximum Gasteiger partial charge on any atom is 0.320 e. The number of hydrogen-bond donors (Lipinski definition) is 1. The molecular formula is C30H31ClN4O2. The smallest absolute Gasteiger partial charge is 0.320 e. The van der Waals surface area contributed by atoms with Crippen LogP contribution in [0.1, 0.15) is 29.8 Å². The Labute approximate surface area is 222 Å². The lowest BCUT2D eigenvalue weighted by Gasteiger charge is -2.35. The highest BCUT2D eigenvalue weighted by atomic mass is 35.5. The number of amides is 2. The van der Waals surface area contributed by atoms with E-state index in [1.165, 1.54) is 5.56 Å². The average Bonchev–Trinajstić information content (AvgIpc) is 3.15. The molecule has 0 radical (unpaired) electrons. The number of fused-ring (bicyclic) bond motifs is 2. The zero-order valence-corrected chi connectivity index (χ0v) is 21.8. The SMILES string of the molecule is Cc1nc2ccc(-c3ccc4c(c3)CN(C(=O)N3CCC(Cc5ccc(Cl)cc5)CC3)CCO4)cc2[nH]1. The number of urea groups is 1. The van der Waals surface area contributed by atoms with E-state index in [1.54, 1.807) is 0 Å². The minimum atomic E-state index is 0.112. The zero-order valence-electron chi connectivity index (χ0n) is 21.0. The molecule has 2 aliphatic heterocycles. The predicted octanol–water partition coefficient (Wildman–Crippen LogP) is 6.46. The molecule has 2 aliphatic rings. The van der Waals surface area contributed by atoms with E-state index in [1.807, 2.05) is 41.0 Å². The van der Waals surface area contributed by atoms with Crippen LogP contribution in [0.2, 0.25) is 5.02 Å². The average molecular weight is 515 g/mol. The Bertz CT molecular complexity index is 1420. The highest BCUT2D eigenvalue weighted by Gasteiger charge is 2.28. The molecule has 37 heavy (non-hydrogen) atoms. The number of carbonyl (C=O) groups is 1. The van der Waals surface area contributed by atoms with Gasteiger partial charge in [0.1, 0.15) is 18.2 Å². The van der Waals surface area contributed by atoms with Crippen LogP contribution >= 0.6 is 11.6 Å². The van der Waals surface area contributed by atoms with Gasteiger partial charge in [-0.25, -0.2) is 9.78 Å². The number of carbonyl (C=O) groups excluding carboxylic acids is 1. The fraction of sp³-hybridized carbons (Fsp3) is 0.333. The number of nitrogens with one attached hydrogen (secondary N) is 1. The highest BCUT2D eigenvalue weighted by Crippen LogP contribution is 2.31. The van der Waals surface area contributed by atoms with Gasteiger partial charge in [-0.05, 0) is 85.2 Å². The molecule has 0 bridgehead atoms. The van der Waals surface area contributed by atoms with Crippen LogP contribution in [0.25, 0.3) is 22.2 Å². The Hall–Kier alpha value is -3.51. The van der Waals surface area contributed by atoms with Gasteiger partial charge in [-0.2, -0.15) is 0 Å². The van der Waals surface area contributed by atoms with Crippen molar-refractivity contribution in [3.8, 4) is 16.9 Å². The Morgan fingerprint density at radius 1 is 1.00 bits per heavy atom. The van der Waals surface area contributed by atoms with Crippen LogP contribution in [-0.4, -0.2) is 52.0 Å². The molecule has 6 rings (SSSR count). The molecule has 0 atom stereocenters. The Morgan fingerprint density at radius 3 is 2.57 bits per heavy atom. The van der Waals surface area contributed by atoms with E-state index in [-0.39, 0.29) is 6.03 Å². The first kappa shape index (κ1) is 23.9. The summed E-state index contributed by atoms with van der Waals surface area (Å²) < 4.78 is 6.03. The number of likely N-dealkylation sites (tertiary alicyclic amines) is 1. The summed E-state index contributed by atoms with van der Waals surface area (Å²) in [5.41, 5.74) is 6.57. The molecule has 190 valence electrons. The van der Waals surface area contributed by atoms with Gasteiger partial charge in [0.25, 0.3) is 0 Å². The van der Waals surface area contributed by atoms with Gasteiger partial charge in [0, 0.05) is 23.7 Å². The van der Waals surface area contributed by atoms with Crippen LogP contribution in [0, 0.1) is 12.8 Å². The van der Waals surface area contributed by atoms with Gasteiger partial charge in [-0.1, -0.05) is 35.9 Å². The summed E-state index contributed by atoms with van der Waals surface area (Å²) in [6.07, 6.45) is 3.08. The molecule has 7 heteroatoms. The molecule has 3 aromatic carbocycles. The molecule has 0 aliphatic carbocycles. The molecule has 1 N–H and O–H groups in total. The number of aromatic amines is 1. The first-order chi connectivity index (χ1) is 18.0. The number of aromatic nitrogens is 2. The maximum atomic E-state index is 13.5. The summed E-state index contributed by atoms with van der Waals surface area (Å²) >= 11 is 6.03. The van der Waals surface area contributed by atoms with E-state index in [0.29, 0.717) is 25.6 Å². The van der Waals surface area contributed by atoms with Crippen LogP contribution < -0.4 is 4.74 Å². The molecule has 4 aromatic rings. The van der Waals surface area contributed by atoms with Crippen molar-refractivity contribution in [2.45, 2.75) is 32.7 Å². The van der Waals surface area contributed by atoms with Crippen LogP contribution in [0.5, 0.6) is 5.75 Å². The molecule has 2 amide bonds. The number of imidazole rings is 1. The van der Waals surface area contributed by atoms with Crippen LogP contribution in [0.15, 0.2) is 60.7 Å². The molecule has 0 saturated carbocycles. The minimum absolute atomic E-state index is 0.112. The van der Waals surface area contributed by atoms with Crippen molar-refractivity contribution in [1.29, 1.82) is 0 Å². The second kappa shape index (κ2) is 10.1. The lowest BCUT2D eigenvalue weighted by atomic mass is 9.90. The molecule has 6 nitrogen and oxygen atoms in total. The van der Waals surface area contributed by atoms with Gasteiger partial charge < -0.3 is 19.5 Å². The van der Waals surface area contributed by atoms with Crippen molar-refractivity contribution in [3.63, 3.8) is 0 Å². The standard InChI is InChI=1S/C30H31ClN4O2/c1-20-32-27-8-4-24(18-28(27)33-20)23-5-9-29-25(17-23)19-35(14-15-37-29)30(36)34-12-10-22(11-13-34)16-21-2-6-26(31)7-3-21/h2-9,17-18,22H,10-16,19H2,1H3,(H,32,33). The monoisotopic (exact) mass is 514 g/mol. The number of rotatable bonds is 3. The maximum absolute atomic E-state index is 13.5. The third kappa shape index (κ3) is 5.16. The lowest BCUT2D eigenvalue weighted by molar-refractivity contribution is 0.127. The number of H-pyrrole nitrogens is 1. The Balaban J connectivity index is 1.13. The fourth-order valence-corrected chi connectivity index (χ4v) is 5.66. The van der Waals surface area contributed by atoms with Gasteiger partial charge in [0.2, 0.25) is 0 Å². The second-order valence-corrected chi connectivity index (χ2v) is 10.6.